The molecule has 160 valence electrons. The molecule has 1 aliphatic heterocycles. The molecule has 2 heterocycles. The van der Waals surface area contributed by atoms with Crippen molar-refractivity contribution in [3.8, 4) is 6.07 Å². The van der Waals surface area contributed by atoms with Crippen molar-refractivity contribution in [2.45, 2.75) is 12.8 Å². The van der Waals surface area contributed by atoms with Gasteiger partial charge in [0.25, 0.3) is 0 Å². The number of aromatic nitrogens is 1. The highest BCUT2D eigenvalue weighted by Gasteiger charge is 2.40. The zero-order chi connectivity index (χ0) is 22.9. The third-order valence-electron chi connectivity index (χ3n) is 4.34. The van der Waals surface area contributed by atoms with Crippen molar-refractivity contribution in [1.29, 1.82) is 5.26 Å². The maximum Gasteiger partial charge on any atom is 0.338 e. The molecule has 6 nitrogen and oxygen atoms in total. The Balaban J connectivity index is 2.40. The Morgan fingerprint density at radius 2 is 2.00 bits per heavy atom. The molecule has 1 aromatic heterocycles. The minimum Gasteiger partial charge on any atom is -0.463 e. The van der Waals surface area contributed by atoms with Gasteiger partial charge in [-0.2, -0.15) is 5.26 Å². The Kier molecular flexibility index (Phi) is 6.43. The fourth-order valence-corrected chi connectivity index (χ4v) is 3.44. The molecular formula is C20H12Cl2F3N3O3. The number of nitrogens with zero attached hydrogens (tertiary/aromatic N) is 2. The molecule has 2 N–H and O–H groups in total. The summed E-state index contributed by atoms with van der Waals surface area (Å²) in [5, 5.41) is 8.69. The molecule has 0 saturated heterocycles. The lowest BCUT2D eigenvalue weighted by Gasteiger charge is -2.28. The predicted molar refractivity (Wildman–Crippen MR) is 105 cm³/mol. The summed E-state index contributed by atoms with van der Waals surface area (Å²) in [6.45, 7) is 1.40. The van der Waals surface area contributed by atoms with E-state index in [9.17, 15) is 23.2 Å². The molecule has 11 heteroatoms. The van der Waals surface area contributed by atoms with Crippen molar-refractivity contribution in [2.75, 3.05) is 6.61 Å². The molecule has 0 amide bonds. The van der Waals surface area contributed by atoms with Crippen LogP contribution in [0.1, 0.15) is 24.0 Å². The molecule has 1 atom stereocenters. The second kappa shape index (κ2) is 8.88. The lowest BCUT2D eigenvalue weighted by Crippen LogP contribution is -2.26. The van der Waals surface area contributed by atoms with Crippen LogP contribution in [-0.4, -0.2) is 17.6 Å². The van der Waals surface area contributed by atoms with Crippen LogP contribution in [0.5, 0.6) is 0 Å². The number of esters is 1. The molecular weight excluding hydrogens is 458 g/mol. The van der Waals surface area contributed by atoms with E-state index < -0.39 is 51.7 Å². The van der Waals surface area contributed by atoms with Crippen LogP contribution in [-0.2, 0) is 14.3 Å². The van der Waals surface area contributed by atoms with Crippen LogP contribution < -0.4 is 5.73 Å². The van der Waals surface area contributed by atoms with Gasteiger partial charge in [-0.15, -0.1) is 0 Å². The van der Waals surface area contributed by atoms with E-state index in [-0.39, 0.29) is 28.5 Å². The summed E-state index contributed by atoms with van der Waals surface area (Å²) in [4.78, 5) is 16.5. The number of nitriles is 1. The van der Waals surface area contributed by atoms with E-state index in [0.29, 0.717) is 0 Å². The molecule has 3 rings (SSSR count). The maximum absolute atomic E-state index is 14.7. The van der Waals surface area contributed by atoms with E-state index in [2.05, 4.69) is 4.98 Å². The maximum atomic E-state index is 14.7. The monoisotopic (exact) mass is 469 g/mol. The van der Waals surface area contributed by atoms with Crippen molar-refractivity contribution in [3.05, 3.63) is 80.2 Å². The number of hydrogen-bond donors (Lipinski definition) is 1. The number of rotatable bonds is 4. The van der Waals surface area contributed by atoms with Gasteiger partial charge in [0.05, 0.1) is 23.7 Å². The minimum absolute atomic E-state index is 0.101. The van der Waals surface area contributed by atoms with Gasteiger partial charge in [-0.25, -0.2) is 22.9 Å². The fourth-order valence-electron chi connectivity index (χ4n) is 3.04. The molecule has 0 bridgehead atoms. The first-order valence-electron chi connectivity index (χ1n) is 8.65. The summed E-state index contributed by atoms with van der Waals surface area (Å²) in [5.74, 6) is -7.06. The third kappa shape index (κ3) is 4.04. The Morgan fingerprint density at radius 1 is 1.29 bits per heavy atom. The number of carbonyl (C=O) groups is 1. The average Bonchev–Trinajstić information content (AvgIpc) is 2.72. The molecule has 1 aromatic carbocycles. The lowest BCUT2D eigenvalue weighted by atomic mass is 9.81. The average molecular weight is 470 g/mol. The largest absolute Gasteiger partial charge is 0.463 e. The highest BCUT2D eigenvalue weighted by atomic mass is 35.5. The van der Waals surface area contributed by atoms with E-state index in [1.54, 1.807) is 6.07 Å². The van der Waals surface area contributed by atoms with E-state index >= 15 is 0 Å². The Morgan fingerprint density at radius 3 is 2.65 bits per heavy atom. The first-order chi connectivity index (χ1) is 14.7. The lowest BCUT2D eigenvalue weighted by molar-refractivity contribution is -0.138. The number of hydrogen-bond acceptors (Lipinski definition) is 6. The van der Waals surface area contributed by atoms with E-state index in [1.807, 2.05) is 0 Å². The van der Waals surface area contributed by atoms with Crippen LogP contribution in [0.25, 0.3) is 5.76 Å². The second-order valence-electron chi connectivity index (χ2n) is 6.13. The molecule has 31 heavy (non-hydrogen) atoms. The Hall–Kier alpha value is -3.22. The predicted octanol–water partition coefficient (Wildman–Crippen LogP) is 4.59. The van der Waals surface area contributed by atoms with Crippen molar-refractivity contribution in [1.82, 2.24) is 4.98 Å². The van der Waals surface area contributed by atoms with Gasteiger partial charge in [-0.3, -0.25) is 0 Å². The molecule has 0 radical (unpaired) electrons. The van der Waals surface area contributed by atoms with E-state index in [4.69, 9.17) is 38.4 Å². The standard InChI is InChI=1S/C20H12Cl2F3N3O3/c1-2-30-20(29)14-13(8-4-3-5-11(23)15(8)25)10(7-26)19(27)31-16(14)9-6-12(24)18(22)28-17(9)21/h3-6,13H,2,27H2,1H3. The van der Waals surface area contributed by atoms with Gasteiger partial charge in [-0.05, 0) is 19.1 Å². The van der Waals surface area contributed by atoms with Crippen LogP contribution in [0.4, 0.5) is 13.2 Å². The number of ether oxygens (including phenoxy) is 2. The highest BCUT2D eigenvalue weighted by Crippen LogP contribution is 2.45. The number of pyridine rings is 1. The second-order valence-corrected chi connectivity index (χ2v) is 6.85. The molecule has 1 aliphatic rings. The molecule has 1 unspecified atom stereocenters. The zero-order valence-corrected chi connectivity index (χ0v) is 17.2. The summed E-state index contributed by atoms with van der Waals surface area (Å²) in [7, 11) is 0. The number of allylic oxidation sites excluding steroid dienone is 1. The summed E-state index contributed by atoms with van der Waals surface area (Å²) >= 11 is 11.7. The smallest absolute Gasteiger partial charge is 0.338 e. The number of halogens is 5. The molecule has 0 saturated carbocycles. The number of nitrogens with two attached hydrogens (primary N) is 1. The van der Waals surface area contributed by atoms with Crippen molar-refractivity contribution in [3.63, 3.8) is 0 Å². The number of carbonyl (C=O) groups excluding carboxylic acids is 1. The van der Waals surface area contributed by atoms with Gasteiger partial charge in [-0.1, -0.05) is 35.3 Å². The number of benzene rings is 1. The zero-order valence-electron chi connectivity index (χ0n) is 15.7. The van der Waals surface area contributed by atoms with Gasteiger partial charge in [0.15, 0.2) is 28.4 Å². The molecule has 0 fully saturated rings. The van der Waals surface area contributed by atoms with Crippen LogP contribution in [0, 0.1) is 28.8 Å². The van der Waals surface area contributed by atoms with Crippen molar-refractivity contribution >= 4 is 34.9 Å². The van der Waals surface area contributed by atoms with Crippen LogP contribution in [0.15, 0.2) is 41.3 Å². The Bertz CT molecular complexity index is 1190. The van der Waals surface area contributed by atoms with Gasteiger partial charge < -0.3 is 15.2 Å². The summed E-state index contributed by atoms with van der Waals surface area (Å²) in [6, 6.07) is 5.78. The van der Waals surface area contributed by atoms with Crippen LogP contribution in [0.3, 0.4) is 0 Å². The van der Waals surface area contributed by atoms with Gasteiger partial charge in [0.1, 0.15) is 16.8 Å². The van der Waals surface area contributed by atoms with Crippen molar-refractivity contribution in [2.24, 2.45) is 5.73 Å². The SMILES string of the molecule is CCOC(=O)C1=C(c2cc(F)c(Cl)nc2Cl)OC(N)=C(C#N)C1c1cccc(F)c1F. The molecule has 2 aromatic rings. The fraction of sp³-hybridized carbons (Fsp3) is 0.150. The topological polar surface area (TPSA) is 98.2 Å². The van der Waals surface area contributed by atoms with Gasteiger partial charge in [0.2, 0.25) is 5.88 Å². The van der Waals surface area contributed by atoms with Crippen LogP contribution >= 0.6 is 23.2 Å². The van der Waals surface area contributed by atoms with Gasteiger partial charge in [0, 0.05) is 5.56 Å². The molecule has 0 aliphatic carbocycles. The summed E-state index contributed by atoms with van der Waals surface area (Å²) in [5.41, 5.74) is 4.37. The van der Waals surface area contributed by atoms with E-state index in [1.165, 1.54) is 13.0 Å². The van der Waals surface area contributed by atoms with Crippen molar-refractivity contribution < 1.29 is 27.4 Å². The van der Waals surface area contributed by atoms with E-state index in [0.717, 1.165) is 18.2 Å². The summed E-state index contributed by atoms with van der Waals surface area (Å²) in [6.07, 6.45) is 0. The summed E-state index contributed by atoms with van der Waals surface area (Å²) < 4.78 is 53.2. The molecule has 0 spiro atoms. The third-order valence-corrected chi connectivity index (χ3v) is 4.89. The quantitative estimate of drug-likeness (QED) is 0.519. The van der Waals surface area contributed by atoms with Gasteiger partial charge >= 0.3 is 5.97 Å². The highest BCUT2D eigenvalue weighted by molar-refractivity contribution is 6.33. The normalized spacial score (nSPS) is 16.1. The first-order valence-corrected chi connectivity index (χ1v) is 9.41. The minimum atomic E-state index is -1.53. The Labute approximate surface area is 184 Å². The van der Waals surface area contributed by atoms with Crippen LogP contribution in [0.2, 0.25) is 10.3 Å². The first kappa shape index (κ1) is 22.5.